The molecule has 0 bridgehead atoms. The Kier molecular flexibility index (Phi) is 6.29. The largest absolute Gasteiger partial charge is 0.471 e. The van der Waals surface area contributed by atoms with Gasteiger partial charge in [-0.1, -0.05) is 35.3 Å². The average molecular weight is 409 g/mol. The molecular weight excluding hydrogens is 391 g/mol. The molecule has 1 aliphatic rings. The van der Waals surface area contributed by atoms with Crippen molar-refractivity contribution in [3.05, 3.63) is 35.7 Å². The van der Waals surface area contributed by atoms with E-state index in [0.29, 0.717) is 12.1 Å². The lowest BCUT2D eigenvalue weighted by atomic mass is 10.0. The van der Waals surface area contributed by atoms with Crippen LogP contribution in [0.3, 0.4) is 0 Å². The first-order valence-corrected chi connectivity index (χ1v) is 9.84. The van der Waals surface area contributed by atoms with E-state index in [1.54, 1.807) is 29.2 Å². The van der Waals surface area contributed by atoms with Gasteiger partial charge >= 0.3 is 12.1 Å². The Balaban J connectivity index is 1.70. The van der Waals surface area contributed by atoms with Crippen LogP contribution in [0, 0.1) is 18.3 Å². The number of terminal acetylenes is 1. The number of aromatic nitrogens is 2. The van der Waals surface area contributed by atoms with Crippen molar-refractivity contribution >= 4 is 17.7 Å². The normalized spacial score (nSPS) is 15.2. The minimum Gasteiger partial charge on any atom is -0.329 e. The molecule has 0 saturated carbocycles. The second-order valence-corrected chi connectivity index (χ2v) is 7.63. The van der Waals surface area contributed by atoms with Crippen LogP contribution in [0.2, 0.25) is 0 Å². The van der Waals surface area contributed by atoms with Crippen LogP contribution in [0.5, 0.6) is 0 Å². The van der Waals surface area contributed by atoms with Gasteiger partial charge in [0.15, 0.2) is 0 Å². The van der Waals surface area contributed by atoms with Gasteiger partial charge in [-0.3, -0.25) is 4.79 Å². The van der Waals surface area contributed by atoms with Gasteiger partial charge in [-0.15, -0.1) is 6.42 Å². The maximum absolute atomic E-state index is 12.8. The standard InChI is InChI=1S/C19H18F3N3O2S/c1-2-9-25(17(26)15-7-10-28-11-8-15)12-13-3-5-14(6-4-13)16-23-18(27-24-16)19(20,21)22/h1,3-6,15H,7-12H2. The molecule has 1 amide bonds. The van der Waals surface area contributed by atoms with E-state index in [0.717, 1.165) is 29.9 Å². The Bertz CT molecular complexity index is 853. The molecule has 2 heterocycles. The van der Waals surface area contributed by atoms with Crippen molar-refractivity contribution in [3.63, 3.8) is 0 Å². The second-order valence-electron chi connectivity index (χ2n) is 6.40. The second kappa shape index (κ2) is 8.69. The van der Waals surface area contributed by atoms with E-state index in [2.05, 4.69) is 20.6 Å². The molecule has 1 fully saturated rings. The third kappa shape index (κ3) is 4.87. The summed E-state index contributed by atoms with van der Waals surface area (Å²) in [7, 11) is 0. The molecule has 1 aromatic heterocycles. The first-order valence-electron chi connectivity index (χ1n) is 8.68. The van der Waals surface area contributed by atoms with Gasteiger partial charge in [-0.25, -0.2) is 0 Å². The van der Waals surface area contributed by atoms with Crippen molar-refractivity contribution in [1.82, 2.24) is 15.0 Å². The van der Waals surface area contributed by atoms with Gasteiger partial charge in [0.1, 0.15) is 0 Å². The maximum Gasteiger partial charge on any atom is 0.471 e. The quantitative estimate of drug-likeness (QED) is 0.702. The van der Waals surface area contributed by atoms with Crippen LogP contribution in [0.4, 0.5) is 13.2 Å². The van der Waals surface area contributed by atoms with Gasteiger partial charge < -0.3 is 9.42 Å². The maximum atomic E-state index is 12.8. The number of amides is 1. The predicted molar refractivity (Wildman–Crippen MR) is 99.0 cm³/mol. The molecule has 1 aliphatic heterocycles. The van der Waals surface area contributed by atoms with E-state index in [4.69, 9.17) is 6.42 Å². The van der Waals surface area contributed by atoms with Crippen LogP contribution in [0.25, 0.3) is 11.4 Å². The number of carbonyl (C=O) groups is 1. The molecule has 1 aromatic carbocycles. The van der Waals surface area contributed by atoms with E-state index in [1.807, 2.05) is 11.8 Å². The number of halogens is 3. The lowest BCUT2D eigenvalue weighted by molar-refractivity contribution is -0.159. The SMILES string of the molecule is C#CCN(Cc1ccc(-c2noc(C(F)(F)F)n2)cc1)C(=O)C1CCSCC1. The summed E-state index contributed by atoms with van der Waals surface area (Å²) in [6.07, 6.45) is 2.44. The van der Waals surface area contributed by atoms with Gasteiger partial charge in [0, 0.05) is 18.0 Å². The molecule has 148 valence electrons. The van der Waals surface area contributed by atoms with Crippen LogP contribution < -0.4 is 0 Å². The average Bonchev–Trinajstić information content (AvgIpc) is 3.19. The van der Waals surface area contributed by atoms with E-state index >= 15 is 0 Å². The zero-order valence-corrected chi connectivity index (χ0v) is 15.7. The summed E-state index contributed by atoms with van der Waals surface area (Å²) in [5.41, 5.74) is 1.21. The Morgan fingerprint density at radius 2 is 1.96 bits per heavy atom. The van der Waals surface area contributed by atoms with E-state index in [-0.39, 0.29) is 24.2 Å². The number of nitrogens with zero attached hydrogens (tertiary/aromatic N) is 3. The van der Waals surface area contributed by atoms with Crippen LogP contribution >= 0.6 is 11.8 Å². The summed E-state index contributed by atoms with van der Waals surface area (Å²) < 4.78 is 42.0. The van der Waals surface area contributed by atoms with Crippen molar-refractivity contribution < 1.29 is 22.5 Å². The third-order valence-corrected chi connectivity index (χ3v) is 5.47. The molecule has 5 nitrogen and oxygen atoms in total. The monoisotopic (exact) mass is 409 g/mol. The summed E-state index contributed by atoms with van der Waals surface area (Å²) in [4.78, 5) is 17.8. The number of rotatable bonds is 5. The first-order chi connectivity index (χ1) is 13.4. The summed E-state index contributed by atoms with van der Waals surface area (Å²) in [6, 6.07) is 6.62. The molecule has 2 aromatic rings. The molecule has 0 spiro atoms. The zero-order valence-electron chi connectivity index (χ0n) is 14.9. The molecular formula is C19H18F3N3O2S. The van der Waals surface area contributed by atoms with Crippen molar-refractivity contribution in [3.8, 4) is 23.7 Å². The molecule has 0 aliphatic carbocycles. The lowest BCUT2D eigenvalue weighted by Crippen LogP contribution is -2.37. The molecule has 0 atom stereocenters. The van der Waals surface area contributed by atoms with Crippen LogP contribution in [0.1, 0.15) is 24.3 Å². The van der Waals surface area contributed by atoms with Gasteiger partial charge in [0.05, 0.1) is 6.54 Å². The van der Waals surface area contributed by atoms with Gasteiger partial charge in [-0.2, -0.15) is 29.9 Å². The fourth-order valence-corrected chi connectivity index (χ4v) is 4.07. The summed E-state index contributed by atoms with van der Waals surface area (Å²) in [5.74, 6) is 2.98. The third-order valence-electron chi connectivity index (χ3n) is 4.42. The number of benzene rings is 1. The topological polar surface area (TPSA) is 59.2 Å². The number of thioether (sulfide) groups is 1. The highest BCUT2D eigenvalue weighted by molar-refractivity contribution is 7.99. The van der Waals surface area contributed by atoms with Crippen molar-refractivity contribution in [2.45, 2.75) is 25.6 Å². The van der Waals surface area contributed by atoms with Gasteiger partial charge in [0.2, 0.25) is 11.7 Å². The van der Waals surface area contributed by atoms with E-state index in [9.17, 15) is 18.0 Å². The van der Waals surface area contributed by atoms with Crippen molar-refractivity contribution in [1.29, 1.82) is 0 Å². The molecule has 0 N–H and O–H groups in total. The number of carbonyl (C=O) groups excluding carboxylic acids is 1. The lowest BCUT2D eigenvalue weighted by Gasteiger charge is -2.28. The highest BCUT2D eigenvalue weighted by Gasteiger charge is 2.38. The van der Waals surface area contributed by atoms with E-state index in [1.165, 1.54) is 0 Å². The fourth-order valence-electron chi connectivity index (χ4n) is 2.96. The minimum absolute atomic E-state index is 0.00556. The fraction of sp³-hybridized carbons (Fsp3) is 0.421. The number of hydrogen-bond acceptors (Lipinski definition) is 5. The Morgan fingerprint density at radius 3 is 2.54 bits per heavy atom. The molecule has 1 saturated heterocycles. The Hall–Kier alpha value is -2.47. The van der Waals surface area contributed by atoms with E-state index < -0.39 is 12.1 Å². The molecule has 9 heteroatoms. The smallest absolute Gasteiger partial charge is 0.329 e. The molecule has 0 radical (unpaired) electrons. The van der Waals surface area contributed by atoms with Crippen LogP contribution in [0.15, 0.2) is 28.8 Å². The number of hydrogen-bond donors (Lipinski definition) is 0. The summed E-state index contributed by atoms with van der Waals surface area (Å²) >= 11 is 1.85. The highest BCUT2D eigenvalue weighted by Crippen LogP contribution is 2.29. The molecule has 3 rings (SSSR count). The van der Waals surface area contributed by atoms with Crippen LogP contribution in [-0.4, -0.2) is 39.0 Å². The Labute approximate surface area is 164 Å². The van der Waals surface area contributed by atoms with Gasteiger partial charge in [-0.05, 0) is 29.9 Å². The molecule has 0 unspecified atom stereocenters. The summed E-state index contributed by atoms with van der Waals surface area (Å²) in [5, 5.41) is 3.36. The van der Waals surface area contributed by atoms with Crippen LogP contribution in [-0.2, 0) is 17.5 Å². The van der Waals surface area contributed by atoms with Crippen molar-refractivity contribution in [2.24, 2.45) is 5.92 Å². The summed E-state index contributed by atoms with van der Waals surface area (Å²) in [6.45, 7) is 0.553. The van der Waals surface area contributed by atoms with Crippen molar-refractivity contribution in [2.75, 3.05) is 18.1 Å². The Morgan fingerprint density at radius 1 is 1.29 bits per heavy atom. The van der Waals surface area contributed by atoms with Gasteiger partial charge in [0.25, 0.3) is 0 Å². The predicted octanol–water partition coefficient (Wildman–Crippen LogP) is 3.86. The highest BCUT2D eigenvalue weighted by atomic mass is 32.2. The number of alkyl halides is 3. The molecule has 28 heavy (non-hydrogen) atoms. The minimum atomic E-state index is -4.68. The first kappa shape index (κ1) is 20.3. The zero-order chi connectivity index (χ0) is 20.1.